The third kappa shape index (κ3) is 3.03. The molecule has 2 bridgehead atoms. The maximum Gasteiger partial charge on any atom is 0.258 e. The molecule has 26 heavy (non-hydrogen) atoms. The first-order valence-electron chi connectivity index (χ1n) is 10.3. The number of carbonyl (C=O) groups is 1. The molecule has 0 saturated carbocycles. The van der Waals surface area contributed by atoms with Gasteiger partial charge >= 0.3 is 0 Å². The van der Waals surface area contributed by atoms with E-state index in [4.69, 9.17) is 0 Å². The summed E-state index contributed by atoms with van der Waals surface area (Å²) < 4.78 is 1.05. The summed E-state index contributed by atoms with van der Waals surface area (Å²) >= 11 is 0. The number of benzene rings is 2. The van der Waals surface area contributed by atoms with Gasteiger partial charge in [-0.3, -0.25) is 9.69 Å². The minimum absolute atomic E-state index is 0.229. The zero-order valence-corrected chi connectivity index (χ0v) is 16.2. The lowest BCUT2D eigenvalue weighted by Gasteiger charge is -2.55. The Bertz CT molecular complexity index is 786. The number of hydrogen-bond donors (Lipinski definition) is 0. The van der Waals surface area contributed by atoms with E-state index in [9.17, 15) is 4.79 Å². The molecule has 0 N–H and O–H groups in total. The van der Waals surface area contributed by atoms with Gasteiger partial charge in [0.1, 0.15) is 0 Å². The predicted molar refractivity (Wildman–Crippen MR) is 107 cm³/mol. The van der Waals surface area contributed by atoms with Gasteiger partial charge in [0.05, 0.1) is 20.1 Å². The fourth-order valence-electron chi connectivity index (χ4n) is 5.04. The standard InChI is InChI=1S/C23H31N2O/c1-3-4-14-24(22-17-18-12-15-25(22,2)16-13-18)23(26)21-11-7-9-19-8-5-6-10-20(19)21/h5-11,18,22H,3-4,12-17H2,1-2H3/q+1/t18?,22-,25?/m1/s1. The molecule has 0 unspecified atom stereocenters. The summed E-state index contributed by atoms with van der Waals surface area (Å²) in [4.78, 5) is 15.9. The average molecular weight is 352 g/mol. The van der Waals surface area contributed by atoms with E-state index in [-0.39, 0.29) is 5.91 Å². The maximum atomic E-state index is 13.7. The molecular weight excluding hydrogens is 320 g/mol. The van der Waals surface area contributed by atoms with Crippen molar-refractivity contribution in [1.82, 2.24) is 4.90 Å². The Morgan fingerprint density at radius 2 is 1.85 bits per heavy atom. The number of unbranched alkanes of at least 4 members (excludes halogenated alkanes) is 1. The van der Waals surface area contributed by atoms with Crippen LogP contribution in [0.15, 0.2) is 42.5 Å². The minimum atomic E-state index is 0.229. The average Bonchev–Trinajstić information content (AvgIpc) is 2.68. The van der Waals surface area contributed by atoms with Crippen molar-refractivity contribution in [2.75, 3.05) is 26.7 Å². The van der Waals surface area contributed by atoms with Crippen LogP contribution in [0.2, 0.25) is 0 Å². The molecule has 3 heterocycles. The Morgan fingerprint density at radius 3 is 2.58 bits per heavy atom. The Hall–Kier alpha value is -1.87. The number of fused-ring (bicyclic) bond motifs is 4. The highest BCUT2D eigenvalue weighted by Crippen LogP contribution is 2.39. The SMILES string of the molecule is CCCCN(C(=O)c1cccc2ccccc12)[C@H]1CC2CC[N+]1(C)CC2. The van der Waals surface area contributed by atoms with E-state index in [1.807, 2.05) is 24.3 Å². The van der Waals surface area contributed by atoms with Crippen molar-refractivity contribution in [3.63, 3.8) is 0 Å². The van der Waals surface area contributed by atoms with Crippen LogP contribution < -0.4 is 0 Å². The van der Waals surface area contributed by atoms with Crippen molar-refractivity contribution in [1.29, 1.82) is 0 Å². The van der Waals surface area contributed by atoms with E-state index in [1.54, 1.807) is 0 Å². The molecule has 0 radical (unpaired) electrons. The summed E-state index contributed by atoms with van der Waals surface area (Å²) in [6, 6.07) is 14.4. The first-order chi connectivity index (χ1) is 12.6. The van der Waals surface area contributed by atoms with Crippen molar-refractivity contribution >= 4 is 16.7 Å². The molecule has 2 aromatic rings. The van der Waals surface area contributed by atoms with Gasteiger partial charge in [-0.15, -0.1) is 0 Å². The summed E-state index contributed by atoms with van der Waals surface area (Å²) in [5.41, 5.74) is 0.869. The van der Waals surface area contributed by atoms with Crippen molar-refractivity contribution in [2.45, 2.75) is 45.2 Å². The second kappa shape index (κ2) is 7.03. The van der Waals surface area contributed by atoms with Gasteiger partial charge in [-0.05, 0) is 42.0 Å². The number of nitrogens with zero attached hydrogens (tertiary/aromatic N) is 2. The molecule has 3 heteroatoms. The lowest BCUT2D eigenvalue weighted by molar-refractivity contribution is -0.958. The summed E-state index contributed by atoms with van der Waals surface area (Å²) in [6.07, 6.45) is 6.39. The second-order valence-corrected chi connectivity index (χ2v) is 8.47. The van der Waals surface area contributed by atoms with Gasteiger partial charge in [-0.2, -0.15) is 0 Å². The Kier molecular flexibility index (Phi) is 4.74. The Balaban J connectivity index is 1.71. The normalized spacial score (nSPS) is 27.6. The first kappa shape index (κ1) is 17.5. The van der Waals surface area contributed by atoms with E-state index in [1.165, 1.54) is 32.4 Å². The van der Waals surface area contributed by atoms with Gasteiger partial charge in [0.15, 0.2) is 6.17 Å². The first-order valence-corrected chi connectivity index (χ1v) is 10.3. The molecule has 0 spiro atoms. The molecular formula is C23H31N2O+. The van der Waals surface area contributed by atoms with Crippen LogP contribution in [0.4, 0.5) is 0 Å². The molecule has 3 saturated heterocycles. The molecule has 3 fully saturated rings. The molecule has 1 atom stereocenters. The van der Waals surface area contributed by atoms with Gasteiger partial charge in [0, 0.05) is 18.5 Å². The van der Waals surface area contributed by atoms with Gasteiger partial charge < -0.3 is 4.48 Å². The smallest absolute Gasteiger partial charge is 0.258 e. The van der Waals surface area contributed by atoms with E-state index >= 15 is 0 Å². The molecule has 5 rings (SSSR count). The highest BCUT2D eigenvalue weighted by Gasteiger charge is 2.48. The molecule has 0 aromatic heterocycles. The molecule has 3 nitrogen and oxygen atoms in total. The van der Waals surface area contributed by atoms with Gasteiger partial charge in [0.2, 0.25) is 0 Å². The number of carbonyl (C=O) groups excluding carboxylic acids is 1. The van der Waals surface area contributed by atoms with Crippen LogP contribution in [0.1, 0.15) is 49.4 Å². The van der Waals surface area contributed by atoms with E-state index in [0.29, 0.717) is 6.17 Å². The quantitative estimate of drug-likeness (QED) is 0.717. The number of piperidine rings is 3. The summed E-state index contributed by atoms with van der Waals surface area (Å²) in [6.45, 7) is 5.54. The van der Waals surface area contributed by atoms with Gasteiger partial charge in [0.25, 0.3) is 5.91 Å². The topological polar surface area (TPSA) is 20.3 Å². The van der Waals surface area contributed by atoms with Crippen LogP contribution in [0.3, 0.4) is 0 Å². The lowest BCUT2D eigenvalue weighted by atomic mass is 9.83. The molecule has 1 amide bonds. The zero-order valence-electron chi connectivity index (χ0n) is 16.2. The van der Waals surface area contributed by atoms with Gasteiger partial charge in [-0.1, -0.05) is 49.7 Å². The number of hydrogen-bond acceptors (Lipinski definition) is 1. The van der Waals surface area contributed by atoms with Crippen molar-refractivity contribution in [3.05, 3.63) is 48.0 Å². The third-order valence-electron chi connectivity index (χ3n) is 6.75. The van der Waals surface area contributed by atoms with E-state index in [2.05, 4.69) is 37.1 Å². The van der Waals surface area contributed by atoms with E-state index < -0.39 is 0 Å². The number of amides is 1. The van der Waals surface area contributed by atoms with Crippen LogP contribution in [0.25, 0.3) is 10.8 Å². The molecule has 0 aliphatic carbocycles. The number of quaternary nitrogens is 1. The van der Waals surface area contributed by atoms with Crippen molar-refractivity contribution in [2.24, 2.45) is 5.92 Å². The molecule has 3 aliphatic heterocycles. The number of rotatable bonds is 5. The molecule has 138 valence electrons. The summed E-state index contributed by atoms with van der Waals surface area (Å²) in [5, 5.41) is 2.24. The Labute approximate surface area is 157 Å². The summed E-state index contributed by atoms with van der Waals surface area (Å²) in [5.74, 6) is 1.04. The highest BCUT2D eigenvalue weighted by molar-refractivity contribution is 6.07. The van der Waals surface area contributed by atoms with Crippen LogP contribution in [-0.4, -0.2) is 48.1 Å². The van der Waals surface area contributed by atoms with Crippen molar-refractivity contribution in [3.8, 4) is 0 Å². The monoisotopic (exact) mass is 351 g/mol. The largest absolute Gasteiger partial charge is 0.306 e. The summed E-state index contributed by atoms with van der Waals surface area (Å²) in [7, 11) is 2.37. The third-order valence-corrected chi connectivity index (χ3v) is 6.75. The fourth-order valence-corrected chi connectivity index (χ4v) is 5.04. The van der Waals surface area contributed by atoms with Crippen LogP contribution in [0.5, 0.6) is 0 Å². The predicted octanol–water partition coefficient (Wildman–Crippen LogP) is 4.67. The molecule has 3 aliphatic rings. The molecule has 2 aromatic carbocycles. The van der Waals surface area contributed by atoms with Crippen molar-refractivity contribution < 1.29 is 9.28 Å². The lowest BCUT2D eigenvalue weighted by Crippen LogP contribution is -2.68. The second-order valence-electron chi connectivity index (χ2n) is 8.47. The van der Waals surface area contributed by atoms with Crippen LogP contribution in [-0.2, 0) is 0 Å². The van der Waals surface area contributed by atoms with Crippen LogP contribution >= 0.6 is 0 Å². The highest BCUT2D eigenvalue weighted by atomic mass is 16.2. The minimum Gasteiger partial charge on any atom is -0.306 e. The van der Waals surface area contributed by atoms with Crippen LogP contribution in [0, 0.1) is 5.92 Å². The fraction of sp³-hybridized carbons (Fsp3) is 0.522. The van der Waals surface area contributed by atoms with E-state index in [0.717, 1.165) is 46.1 Å². The zero-order chi connectivity index (χ0) is 18.1. The Morgan fingerprint density at radius 1 is 1.12 bits per heavy atom. The maximum absolute atomic E-state index is 13.7. The van der Waals surface area contributed by atoms with Gasteiger partial charge in [-0.25, -0.2) is 0 Å².